The molecule has 0 atom stereocenters. The standard InChI is InChI=1S/C22H18N4O7/c1-13-10-16(6-8-18(13)26(28)29)30-11-17-7-9-19(32-17)22-24-21(25-33-22)14-2-4-15(5-3-14)31-12-20(23)27/h2-10H,11-12H2,1H3,(H2,23,27). The predicted molar refractivity (Wildman–Crippen MR) is 114 cm³/mol. The van der Waals surface area contributed by atoms with E-state index in [-0.39, 0.29) is 24.8 Å². The van der Waals surface area contributed by atoms with Gasteiger partial charge in [0.25, 0.3) is 17.5 Å². The Bertz CT molecular complexity index is 1290. The Labute approximate surface area is 186 Å². The summed E-state index contributed by atoms with van der Waals surface area (Å²) >= 11 is 0. The molecule has 33 heavy (non-hydrogen) atoms. The van der Waals surface area contributed by atoms with Crippen molar-refractivity contribution in [2.24, 2.45) is 5.73 Å². The van der Waals surface area contributed by atoms with Crippen LogP contribution in [-0.2, 0) is 11.4 Å². The number of carbonyl (C=O) groups is 1. The summed E-state index contributed by atoms with van der Waals surface area (Å²) < 4.78 is 21.9. The number of hydrogen-bond acceptors (Lipinski definition) is 9. The molecular formula is C22H18N4O7. The highest BCUT2D eigenvalue weighted by Gasteiger charge is 2.15. The lowest BCUT2D eigenvalue weighted by Crippen LogP contribution is -2.19. The van der Waals surface area contributed by atoms with E-state index in [1.165, 1.54) is 12.1 Å². The summed E-state index contributed by atoms with van der Waals surface area (Å²) in [6.45, 7) is 1.55. The number of primary amides is 1. The Morgan fingerprint density at radius 3 is 2.55 bits per heavy atom. The van der Waals surface area contributed by atoms with E-state index in [0.29, 0.717) is 40.0 Å². The van der Waals surface area contributed by atoms with Gasteiger partial charge in [0.15, 0.2) is 12.4 Å². The lowest BCUT2D eigenvalue weighted by Gasteiger charge is -2.05. The summed E-state index contributed by atoms with van der Waals surface area (Å²) in [5.74, 6) is 1.83. The maximum absolute atomic E-state index is 10.9. The maximum atomic E-state index is 10.9. The molecule has 2 heterocycles. The lowest BCUT2D eigenvalue weighted by molar-refractivity contribution is -0.385. The van der Waals surface area contributed by atoms with Crippen LogP contribution in [0.1, 0.15) is 11.3 Å². The molecule has 0 aliphatic rings. The molecule has 0 radical (unpaired) electrons. The molecular weight excluding hydrogens is 432 g/mol. The molecule has 0 aliphatic carbocycles. The molecule has 0 aliphatic heterocycles. The third kappa shape index (κ3) is 5.15. The summed E-state index contributed by atoms with van der Waals surface area (Å²) in [4.78, 5) is 25.6. The summed E-state index contributed by atoms with van der Waals surface area (Å²) in [6, 6.07) is 14.7. The van der Waals surface area contributed by atoms with E-state index >= 15 is 0 Å². The van der Waals surface area contributed by atoms with Gasteiger partial charge < -0.3 is 24.1 Å². The van der Waals surface area contributed by atoms with Gasteiger partial charge in [-0.3, -0.25) is 14.9 Å². The molecule has 0 unspecified atom stereocenters. The van der Waals surface area contributed by atoms with Gasteiger partial charge >= 0.3 is 0 Å². The molecule has 0 saturated carbocycles. The van der Waals surface area contributed by atoms with E-state index in [0.717, 1.165) is 0 Å². The number of benzene rings is 2. The predicted octanol–water partition coefficient (Wildman–Crippen LogP) is 3.66. The van der Waals surface area contributed by atoms with Gasteiger partial charge in [0.05, 0.1) is 4.92 Å². The fourth-order valence-electron chi connectivity index (χ4n) is 2.94. The van der Waals surface area contributed by atoms with Crippen molar-refractivity contribution in [2.45, 2.75) is 13.5 Å². The van der Waals surface area contributed by atoms with Crippen molar-refractivity contribution in [2.75, 3.05) is 6.61 Å². The Hall–Kier alpha value is -4.67. The molecule has 2 aromatic heterocycles. The smallest absolute Gasteiger partial charge is 0.293 e. The van der Waals surface area contributed by atoms with Crippen molar-refractivity contribution in [3.8, 4) is 34.5 Å². The molecule has 1 amide bonds. The first-order valence-electron chi connectivity index (χ1n) is 9.71. The number of nitro groups is 1. The summed E-state index contributed by atoms with van der Waals surface area (Å²) in [6.07, 6.45) is 0. The number of amides is 1. The van der Waals surface area contributed by atoms with Crippen molar-refractivity contribution < 1.29 is 28.1 Å². The maximum Gasteiger partial charge on any atom is 0.293 e. The zero-order valence-corrected chi connectivity index (χ0v) is 17.4. The zero-order chi connectivity index (χ0) is 23.4. The Kier molecular flexibility index (Phi) is 6.02. The largest absolute Gasteiger partial charge is 0.486 e. The van der Waals surface area contributed by atoms with Gasteiger partial charge in [-0.15, -0.1) is 0 Å². The number of nitro benzene ring substituents is 1. The van der Waals surface area contributed by atoms with Crippen molar-refractivity contribution in [1.82, 2.24) is 10.1 Å². The Morgan fingerprint density at radius 2 is 1.85 bits per heavy atom. The zero-order valence-electron chi connectivity index (χ0n) is 17.4. The third-order valence-electron chi connectivity index (χ3n) is 4.54. The minimum absolute atomic E-state index is 0.0302. The van der Waals surface area contributed by atoms with Crippen molar-refractivity contribution in [3.05, 3.63) is 76.0 Å². The van der Waals surface area contributed by atoms with E-state index in [4.69, 9.17) is 24.1 Å². The highest BCUT2D eigenvalue weighted by molar-refractivity contribution is 5.75. The van der Waals surface area contributed by atoms with E-state index in [1.54, 1.807) is 49.4 Å². The van der Waals surface area contributed by atoms with Crippen LogP contribution in [0, 0.1) is 17.0 Å². The van der Waals surface area contributed by atoms with Gasteiger partial charge in [-0.2, -0.15) is 4.98 Å². The van der Waals surface area contributed by atoms with Gasteiger partial charge in [-0.25, -0.2) is 0 Å². The topological polar surface area (TPSA) is 157 Å². The fourth-order valence-corrected chi connectivity index (χ4v) is 2.94. The van der Waals surface area contributed by atoms with Crippen LogP contribution in [0.15, 0.2) is 63.5 Å². The van der Waals surface area contributed by atoms with Crippen LogP contribution in [-0.4, -0.2) is 27.6 Å². The highest BCUT2D eigenvalue weighted by Crippen LogP contribution is 2.27. The number of nitrogens with zero attached hydrogens (tertiary/aromatic N) is 3. The van der Waals surface area contributed by atoms with Crippen molar-refractivity contribution in [3.63, 3.8) is 0 Å². The molecule has 4 aromatic rings. The van der Waals surface area contributed by atoms with Crippen LogP contribution in [0.2, 0.25) is 0 Å². The third-order valence-corrected chi connectivity index (χ3v) is 4.54. The first kappa shape index (κ1) is 21.6. The van der Waals surface area contributed by atoms with Crippen LogP contribution in [0.25, 0.3) is 23.0 Å². The average Bonchev–Trinajstić information content (AvgIpc) is 3.46. The Morgan fingerprint density at radius 1 is 1.09 bits per heavy atom. The molecule has 4 rings (SSSR count). The molecule has 11 heteroatoms. The van der Waals surface area contributed by atoms with Gasteiger partial charge in [0.1, 0.15) is 23.9 Å². The molecule has 0 bridgehead atoms. The second-order valence-corrected chi connectivity index (χ2v) is 6.96. The number of aryl methyl sites for hydroxylation is 1. The minimum Gasteiger partial charge on any atom is -0.486 e. The van der Waals surface area contributed by atoms with Crippen LogP contribution in [0.3, 0.4) is 0 Å². The number of rotatable bonds is 9. The van der Waals surface area contributed by atoms with Crippen molar-refractivity contribution in [1.29, 1.82) is 0 Å². The molecule has 0 fully saturated rings. The molecule has 2 aromatic carbocycles. The summed E-state index contributed by atoms with van der Waals surface area (Å²) in [7, 11) is 0. The van der Waals surface area contributed by atoms with E-state index < -0.39 is 10.8 Å². The quantitative estimate of drug-likeness (QED) is 0.297. The number of aromatic nitrogens is 2. The average molecular weight is 450 g/mol. The first-order valence-corrected chi connectivity index (χ1v) is 9.71. The molecule has 0 saturated heterocycles. The molecule has 2 N–H and O–H groups in total. The van der Waals surface area contributed by atoms with Gasteiger partial charge in [0.2, 0.25) is 5.82 Å². The van der Waals surface area contributed by atoms with E-state index in [9.17, 15) is 14.9 Å². The lowest BCUT2D eigenvalue weighted by atomic mass is 10.2. The number of carbonyl (C=O) groups excluding carboxylic acids is 1. The second kappa shape index (κ2) is 9.22. The minimum atomic E-state index is -0.562. The van der Waals surface area contributed by atoms with Crippen LogP contribution in [0.4, 0.5) is 5.69 Å². The molecule has 168 valence electrons. The van der Waals surface area contributed by atoms with Gasteiger partial charge in [-0.1, -0.05) is 5.16 Å². The van der Waals surface area contributed by atoms with Gasteiger partial charge in [-0.05, 0) is 55.5 Å². The van der Waals surface area contributed by atoms with E-state index in [1.807, 2.05) is 0 Å². The Balaban J connectivity index is 1.39. The van der Waals surface area contributed by atoms with Gasteiger partial charge in [0, 0.05) is 17.2 Å². The summed E-state index contributed by atoms with van der Waals surface area (Å²) in [5.41, 5.74) is 6.27. The summed E-state index contributed by atoms with van der Waals surface area (Å²) in [5, 5.41) is 14.9. The van der Waals surface area contributed by atoms with E-state index in [2.05, 4.69) is 10.1 Å². The molecule has 11 nitrogen and oxygen atoms in total. The number of nitrogens with two attached hydrogens (primary N) is 1. The number of furan rings is 1. The van der Waals surface area contributed by atoms with Crippen molar-refractivity contribution >= 4 is 11.6 Å². The first-order chi connectivity index (χ1) is 15.9. The monoisotopic (exact) mass is 450 g/mol. The highest BCUT2D eigenvalue weighted by atomic mass is 16.6. The van der Waals surface area contributed by atoms with Crippen LogP contribution < -0.4 is 15.2 Å². The SMILES string of the molecule is Cc1cc(OCc2ccc(-c3nc(-c4ccc(OCC(N)=O)cc4)no3)o2)ccc1[N+](=O)[O-]. The van der Waals surface area contributed by atoms with Crippen LogP contribution in [0.5, 0.6) is 11.5 Å². The number of hydrogen-bond donors (Lipinski definition) is 1. The second-order valence-electron chi connectivity index (χ2n) is 6.96. The number of ether oxygens (including phenoxy) is 2. The normalized spacial score (nSPS) is 10.7. The van der Waals surface area contributed by atoms with Crippen LogP contribution >= 0.6 is 0 Å². The fraction of sp³-hybridized carbons (Fsp3) is 0.136. The molecule has 0 spiro atoms.